The molecule has 0 fully saturated rings. The van der Waals surface area contributed by atoms with Gasteiger partial charge in [0.15, 0.2) is 0 Å². The predicted molar refractivity (Wildman–Crippen MR) is 132 cm³/mol. The van der Waals surface area contributed by atoms with Crippen LogP contribution in [0, 0.1) is 0 Å². The molecule has 0 atom stereocenters. The Kier molecular flexibility index (Phi) is 7.65. The molecule has 0 saturated carbocycles. The van der Waals surface area contributed by atoms with E-state index in [-0.39, 0.29) is 12.5 Å². The van der Waals surface area contributed by atoms with E-state index < -0.39 is 5.97 Å². The number of amides is 1. The molecular weight excluding hydrogens is 476 g/mol. The van der Waals surface area contributed by atoms with Gasteiger partial charge in [0.2, 0.25) is 5.91 Å². The summed E-state index contributed by atoms with van der Waals surface area (Å²) in [5.74, 6) is -0.772. The summed E-state index contributed by atoms with van der Waals surface area (Å²) >= 11 is 4.72. The van der Waals surface area contributed by atoms with Crippen LogP contribution in [-0.2, 0) is 9.53 Å². The average molecular weight is 499 g/mol. The van der Waals surface area contributed by atoms with E-state index in [9.17, 15) is 9.59 Å². The number of esters is 1. The second-order valence-corrected chi connectivity index (χ2v) is 8.68. The Balaban J connectivity index is 1.82. The third-order valence-corrected chi connectivity index (χ3v) is 5.92. The Morgan fingerprint density at radius 3 is 2.39 bits per heavy atom. The fourth-order valence-electron chi connectivity index (χ4n) is 2.91. The summed E-state index contributed by atoms with van der Waals surface area (Å²) in [6.45, 7) is 2.01. The smallest absolute Gasteiger partial charge is 0.341 e. The van der Waals surface area contributed by atoms with Crippen molar-refractivity contribution in [3.05, 3.63) is 75.6 Å². The van der Waals surface area contributed by atoms with E-state index in [2.05, 4.69) is 21.2 Å². The van der Waals surface area contributed by atoms with Crippen LogP contribution < -0.4 is 10.2 Å². The highest BCUT2D eigenvalue weighted by Gasteiger charge is 2.22. The zero-order valence-electron chi connectivity index (χ0n) is 17.5. The minimum absolute atomic E-state index is 0.255. The highest BCUT2D eigenvalue weighted by molar-refractivity contribution is 9.10. The standard InChI is InChI=1S/C24H23BrN2O3S/c1-4-30-24(29)22-20(17-8-10-18(25)11-9-17)15-31-23(22)26-21(28)14-7-16-5-12-19(13-6-16)27(2)3/h5-15H,4H2,1-3H3,(H,26,28)/b14-7+. The van der Waals surface area contributed by atoms with Crippen molar-refractivity contribution in [1.82, 2.24) is 0 Å². The molecule has 0 bridgehead atoms. The van der Waals surface area contributed by atoms with Crippen LogP contribution in [-0.4, -0.2) is 32.6 Å². The van der Waals surface area contributed by atoms with Crippen LogP contribution in [0.5, 0.6) is 0 Å². The number of carbonyl (C=O) groups is 2. The fraction of sp³-hybridized carbons (Fsp3) is 0.167. The highest BCUT2D eigenvalue weighted by Crippen LogP contribution is 2.36. The largest absolute Gasteiger partial charge is 0.462 e. The van der Waals surface area contributed by atoms with Crippen molar-refractivity contribution in [2.75, 3.05) is 30.9 Å². The maximum atomic E-state index is 12.6. The lowest BCUT2D eigenvalue weighted by atomic mass is 10.0. The third kappa shape index (κ3) is 5.83. The first-order valence-corrected chi connectivity index (χ1v) is 11.4. The quantitative estimate of drug-likeness (QED) is 0.317. The number of thiophene rings is 1. The molecule has 0 aliphatic rings. The summed E-state index contributed by atoms with van der Waals surface area (Å²) in [5.41, 5.74) is 3.97. The van der Waals surface area contributed by atoms with Crippen molar-refractivity contribution in [2.24, 2.45) is 0 Å². The normalized spacial score (nSPS) is 10.8. The molecule has 0 saturated heterocycles. The van der Waals surface area contributed by atoms with Crippen LogP contribution in [0.15, 0.2) is 64.5 Å². The van der Waals surface area contributed by atoms with E-state index in [1.54, 1.807) is 13.0 Å². The van der Waals surface area contributed by atoms with Gasteiger partial charge in [0.25, 0.3) is 0 Å². The van der Waals surface area contributed by atoms with Gasteiger partial charge in [0.05, 0.1) is 6.61 Å². The average Bonchev–Trinajstić information content (AvgIpc) is 3.16. The molecule has 0 unspecified atom stereocenters. The van der Waals surface area contributed by atoms with E-state index >= 15 is 0 Å². The second-order valence-electron chi connectivity index (χ2n) is 6.89. The van der Waals surface area contributed by atoms with Gasteiger partial charge in [-0.1, -0.05) is 40.2 Å². The first-order valence-electron chi connectivity index (χ1n) is 9.70. The molecule has 3 aromatic rings. The van der Waals surface area contributed by atoms with Crippen LogP contribution in [0.2, 0.25) is 0 Å². The van der Waals surface area contributed by atoms with Crippen molar-refractivity contribution >= 4 is 55.9 Å². The van der Waals surface area contributed by atoms with E-state index in [4.69, 9.17) is 4.74 Å². The van der Waals surface area contributed by atoms with Crippen LogP contribution in [0.25, 0.3) is 17.2 Å². The third-order valence-electron chi connectivity index (χ3n) is 4.50. The molecule has 160 valence electrons. The Morgan fingerprint density at radius 2 is 1.77 bits per heavy atom. The number of ether oxygens (including phenoxy) is 1. The van der Waals surface area contributed by atoms with E-state index in [0.717, 1.165) is 26.9 Å². The molecule has 0 aliphatic carbocycles. The Hall–Kier alpha value is -2.90. The maximum Gasteiger partial charge on any atom is 0.341 e. The first-order chi connectivity index (χ1) is 14.9. The van der Waals surface area contributed by atoms with Gasteiger partial charge in [-0.3, -0.25) is 4.79 Å². The molecule has 5 nitrogen and oxygen atoms in total. The van der Waals surface area contributed by atoms with E-state index in [1.807, 2.05) is 72.9 Å². The number of nitrogens with one attached hydrogen (secondary N) is 1. The van der Waals surface area contributed by atoms with Crippen molar-refractivity contribution < 1.29 is 14.3 Å². The molecule has 2 aromatic carbocycles. The SMILES string of the molecule is CCOC(=O)c1c(-c2ccc(Br)cc2)csc1NC(=O)/C=C/c1ccc(N(C)C)cc1. The van der Waals surface area contributed by atoms with Crippen molar-refractivity contribution in [3.8, 4) is 11.1 Å². The number of nitrogens with zero attached hydrogens (tertiary/aromatic N) is 1. The predicted octanol–water partition coefficient (Wildman–Crippen LogP) is 6.07. The van der Waals surface area contributed by atoms with Crippen LogP contribution in [0.3, 0.4) is 0 Å². The van der Waals surface area contributed by atoms with E-state index in [1.165, 1.54) is 17.4 Å². The summed E-state index contributed by atoms with van der Waals surface area (Å²) < 4.78 is 6.19. The number of hydrogen-bond donors (Lipinski definition) is 1. The number of rotatable bonds is 7. The van der Waals surface area contributed by atoms with Crippen LogP contribution in [0.1, 0.15) is 22.8 Å². The minimum Gasteiger partial charge on any atom is -0.462 e. The van der Waals surface area contributed by atoms with E-state index in [0.29, 0.717) is 10.6 Å². The van der Waals surface area contributed by atoms with Crippen LogP contribution >= 0.6 is 27.3 Å². The molecule has 1 N–H and O–H groups in total. The zero-order chi connectivity index (χ0) is 22.4. The lowest BCUT2D eigenvalue weighted by molar-refractivity contribution is -0.111. The van der Waals surface area contributed by atoms with Gasteiger partial charge in [-0.25, -0.2) is 4.79 Å². The van der Waals surface area contributed by atoms with Crippen molar-refractivity contribution in [3.63, 3.8) is 0 Å². The number of halogens is 1. The van der Waals surface area contributed by atoms with Gasteiger partial charge >= 0.3 is 5.97 Å². The van der Waals surface area contributed by atoms with Gasteiger partial charge in [-0.2, -0.15) is 0 Å². The molecule has 0 radical (unpaired) electrons. The lowest BCUT2D eigenvalue weighted by Crippen LogP contribution is -2.12. The molecule has 1 heterocycles. The molecule has 3 rings (SSSR count). The van der Waals surface area contributed by atoms with Gasteiger partial charge in [-0.15, -0.1) is 11.3 Å². The molecule has 1 amide bonds. The molecule has 0 aliphatic heterocycles. The van der Waals surface area contributed by atoms with Gasteiger partial charge in [0, 0.05) is 41.3 Å². The number of benzene rings is 2. The molecule has 31 heavy (non-hydrogen) atoms. The monoisotopic (exact) mass is 498 g/mol. The second kappa shape index (κ2) is 10.4. The summed E-state index contributed by atoms with van der Waals surface area (Å²) in [5, 5.41) is 5.15. The molecular formula is C24H23BrN2O3S. The van der Waals surface area contributed by atoms with Crippen LogP contribution in [0.4, 0.5) is 10.7 Å². The van der Waals surface area contributed by atoms with Gasteiger partial charge in [-0.05, 0) is 48.4 Å². The Bertz CT molecular complexity index is 1090. The first kappa shape index (κ1) is 22.8. The summed E-state index contributed by atoms with van der Waals surface area (Å²) in [7, 11) is 3.95. The molecule has 0 spiro atoms. The Morgan fingerprint density at radius 1 is 1.10 bits per heavy atom. The Labute approximate surface area is 194 Å². The maximum absolute atomic E-state index is 12.6. The van der Waals surface area contributed by atoms with Crippen molar-refractivity contribution in [1.29, 1.82) is 0 Å². The lowest BCUT2D eigenvalue weighted by Gasteiger charge is -2.11. The zero-order valence-corrected chi connectivity index (χ0v) is 19.9. The summed E-state index contributed by atoms with van der Waals surface area (Å²) in [6, 6.07) is 15.5. The topological polar surface area (TPSA) is 58.6 Å². The van der Waals surface area contributed by atoms with Crippen molar-refractivity contribution in [2.45, 2.75) is 6.92 Å². The highest BCUT2D eigenvalue weighted by atomic mass is 79.9. The number of anilines is 2. The minimum atomic E-state index is -0.458. The molecule has 1 aromatic heterocycles. The molecule has 7 heteroatoms. The van der Waals surface area contributed by atoms with Gasteiger partial charge < -0.3 is 15.0 Å². The summed E-state index contributed by atoms with van der Waals surface area (Å²) in [4.78, 5) is 27.2. The fourth-order valence-corrected chi connectivity index (χ4v) is 4.13. The summed E-state index contributed by atoms with van der Waals surface area (Å²) in [6.07, 6.45) is 3.20. The number of hydrogen-bond acceptors (Lipinski definition) is 5. The number of carbonyl (C=O) groups excluding carboxylic acids is 2. The van der Waals surface area contributed by atoms with Gasteiger partial charge in [0.1, 0.15) is 10.6 Å².